The van der Waals surface area contributed by atoms with Crippen LogP contribution in [0.3, 0.4) is 0 Å². The first kappa shape index (κ1) is 14.3. The maximum atomic E-state index is 12.7. The largest absolute Gasteiger partial charge is 0.397 e. The predicted octanol–water partition coefficient (Wildman–Crippen LogP) is 2.36. The van der Waals surface area contributed by atoms with Gasteiger partial charge in [-0.1, -0.05) is 0 Å². The van der Waals surface area contributed by atoms with Crippen molar-refractivity contribution in [2.75, 3.05) is 25.4 Å². The Labute approximate surface area is 127 Å². The van der Waals surface area contributed by atoms with Crippen molar-refractivity contribution in [2.24, 2.45) is 0 Å². The van der Waals surface area contributed by atoms with E-state index >= 15 is 0 Å². The van der Waals surface area contributed by atoms with Crippen molar-refractivity contribution in [3.8, 4) is 0 Å². The zero-order valence-electron chi connectivity index (χ0n) is 12.5. The number of nitrogens with zero attached hydrogens (tertiary/aromatic N) is 2. The molecule has 2 N–H and O–H groups in total. The Morgan fingerprint density at radius 1 is 1.52 bits per heavy atom. The Bertz CT molecular complexity index is 710. The lowest BCUT2D eigenvalue weighted by molar-refractivity contribution is -0.0122. The summed E-state index contributed by atoms with van der Waals surface area (Å²) >= 11 is 1.46. The van der Waals surface area contributed by atoms with Crippen molar-refractivity contribution in [3.05, 3.63) is 22.3 Å². The molecule has 1 unspecified atom stereocenters. The molecular formula is C15H19N3O2S. The van der Waals surface area contributed by atoms with Gasteiger partial charge in [-0.05, 0) is 26.8 Å². The third-order valence-corrected chi connectivity index (χ3v) is 4.88. The van der Waals surface area contributed by atoms with E-state index in [0.29, 0.717) is 30.3 Å². The number of anilines is 1. The Balaban J connectivity index is 2.02. The molecule has 1 fully saturated rings. The number of rotatable bonds is 1. The van der Waals surface area contributed by atoms with Crippen LogP contribution in [0.2, 0.25) is 0 Å². The zero-order chi connectivity index (χ0) is 15.1. The number of nitrogen functional groups attached to an aromatic ring is 1. The highest BCUT2D eigenvalue weighted by Gasteiger charge is 2.26. The van der Waals surface area contributed by atoms with Gasteiger partial charge in [-0.3, -0.25) is 9.78 Å². The van der Waals surface area contributed by atoms with E-state index in [2.05, 4.69) is 4.98 Å². The van der Waals surface area contributed by atoms with Crippen molar-refractivity contribution in [1.82, 2.24) is 9.88 Å². The van der Waals surface area contributed by atoms with E-state index in [9.17, 15) is 4.79 Å². The topological polar surface area (TPSA) is 68.5 Å². The summed E-state index contributed by atoms with van der Waals surface area (Å²) in [5, 5.41) is 0.912. The average molecular weight is 305 g/mol. The Hall–Kier alpha value is -1.66. The first-order valence-electron chi connectivity index (χ1n) is 7.04. The summed E-state index contributed by atoms with van der Waals surface area (Å²) in [6.45, 7) is 7.68. The van der Waals surface area contributed by atoms with Gasteiger partial charge in [0, 0.05) is 34.6 Å². The Morgan fingerprint density at radius 3 is 3.00 bits per heavy atom. The second-order valence-electron chi connectivity index (χ2n) is 5.50. The molecule has 0 bridgehead atoms. The number of hydrogen-bond donors (Lipinski definition) is 1. The van der Waals surface area contributed by atoms with Crippen LogP contribution in [0.5, 0.6) is 0 Å². The van der Waals surface area contributed by atoms with E-state index in [1.807, 2.05) is 31.7 Å². The molecule has 1 amide bonds. The zero-order valence-corrected chi connectivity index (χ0v) is 13.3. The number of hydrogen-bond acceptors (Lipinski definition) is 5. The van der Waals surface area contributed by atoms with Crippen LogP contribution >= 0.6 is 11.3 Å². The molecule has 2 aromatic rings. The number of morpholine rings is 1. The van der Waals surface area contributed by atoms with Gasteiger partial charge in [-0.15, -0.1) is 11.3 Å². The number of pyridine rings is 1. The summed E-state index contributed by atoms with van der Waals surface area (Å²) in [6, 6.07) is 1.99. The van der Waals surface area contributed by atoms with Crippen LogP contribution in [0, 0.1) is 13.8 Å². The SMILES string of the molecule is Cc1cc2sc(C(=O)N3CCOC(C)C3)c(N)c2c(C)n1. The number of carbonyl (C=O) groups is 1. The molecular weight excluding hydrogens is 286 g/mol. The molecule has 1 atom stereocenters. The van der Waals surface area contributed by atoms with E-state index in [1.54, 1.807) is 0 Å². The number of amides is 1. The molecule has 1 aliphatic rings. The molecule has 21 heavy (non-hydrogen) atoms. The molecule has 0 aromatic carbocycles. The van der Waals surface area contributed by atoms with Crippen LogP contribution in [0.25, 0.3) is 10.1 Å². The average Bonchev–Trinajstić information content (AvgIpc) is 2.75. The van der Waals surface area contributed by atoms with E-state index < -0.39 is 0 Å². The maximum absolute atomic E-state index is 12.7. The van der Waals surface area contributed by atoms with Gasteiger partial charge in [-0.25, -0.2) is 0 Å². The molecule has 0 aliphatic carbocycles. The van der Waals surface area contributed by atoms with Crippen LogP contribution in [0.1, 0.15) is 28.0 Å². The smallest absolute Gasteiger partial charge is 0.266 e. The fourth-order valence-corrected chi connectivity index (χ4v) is 4.02. The number of carbonyl (C=O) groups excluding carboxylic acids is 1. The molecule has 6 heteroatoms. The van der Waals surface area contributed by atoms with Crippen molar-refractivity contribution in [1.29, 1.82) is 0 Å². The minimum absolute atomic E-state index is 0.000836. The number of aryl methyl sites for hydroxylation is 2. The molecule has 5 nitrogen and oxygen atoms in total. The van der Waals surface area contributed by atoms with Gasteiger partial charge in [0.25, 0.3) is 5.91 Å². The molecule has 0 saturated carbocycles. The summed E-state index contributed by atoms with van der Waals surface area (Å²) in [6.07, 6.45) is 0.0731. The molecule has 1 aliphatic heterocycles. The second kappa shape index (κ2) is 5.27. The number of nitrogens with two attached hydrogens (primary N) is 1. The van der Waals surface area contributed by atoms with Crippen LogP contribution in [0.15, 0.2) is 6.07 Å². The highest BCUT2D eigenvalue weighted by molar-refractivity contribution is 7.21. The quantitative estimate of drug-likeness (QED) is 0.878. The first-order valence-corrected chi connectivity index (χ1v) is 7.86. The van der Waals surface area contributed by atoms with E-state index in [0.717, 1.165) is 21.5 Å². The van der Waals surface area contributed by atoms with Crippen molar-refractivity contribution < 1.29 is 9.53 Å². The first-order chi connectivity index (χ1) is 9.97. The van der Waals surface area contributed by atoms with E-state index in [4.69, 9.17) is 10.5 Å². The lowest BCUT2D eigenvalue weighted by Gasteiger charge is -2.30. The predicted molar refractivity (Wildman–Crippen MR) is 84.8 cm³/mol. The van der Waals surface area contributed by atoms with Crippen LogP contribution in [-0.4, -0.2) is 41.6 Å². The van der Waals surface area contributed by atoms with Gasteiger partial charge < -0.3 is 15.4 Å². The van der Waals surface area contributed by atoms with Gasteiger partial charge in [0.15, 0.2) is 0 Å². The molecule has 1 saturated heterocycles. The minimum Gasteiger partial charge on any atom is -0.397 e. The minimum atomic E-state index is 0.000836. The summed E-state index contributed by atoms with van der Waals surface area (Å²) in [5.41, 5.74) is 8.61. The Kier molecular flexibility index (Phi) is 3.59. The molecule has 3 heterocycles. The lowest BCUT2D eigenvalue weighted by Crippen LogP contribution is -2.44. The molecule has 2 aromatic heterocycles. The molecule has 0 spiro atoms. The summed E-state index contributed by atoms with van der Waals surface area (Å²) in [4.78, 5) is 19.6. The van der Waals surface area contributed by atoms with Gasteiger partial charge >= 0.3 is 0 Å². The fraction of sp³-hybridized carbons (Fsp3) is 0.467. The van der Waals surface area contributed by atoms with Gasteiger partial charge in [0.05, 0.1) is 18.4 Å². The van der Waals surface area contributed by atoms with Gasteiger partial charge in [0.1, 0.15) is 4.88 Å². The fourth-order valence-electron chi connectivity index (χ4n) is 2.78. The lowest BCUT2D eigenvalue weighted by atomic mass is 10.2. The highest BCUT2D eigenvalue weighted by atomic mass is 32.1. The third-order valence-electron chi connectivity index (χ3n) is 3.74. The van der Waals surface area contributed by atoms with Crippen LogP contribution in [-0.2, 0) is 4.74 Å². The van der Waals surface area contributed by atoms with E-state index in [-0.39, 0.29) is 12.0 Å². The number of fused-ring (bicyclic) bond motifs is 1. The van der Waals surface area contributed by atoms with Gasteiger partial charge in [-0.2, -0.15) is 0 Å². The van der Waals surface area contributed by atoms with Crippen LogP contribution in [0.4, 0.5) is 5.69 Å². The van der Waals surface area contributed by atoms with Crippen molar-refractivity contribution in [3.63, 3.8) is 0 Å². The van der Waals surface area contributed by atoms with Gasteiger partial charge in [0.2, 0.25) is 0 Å². The summed E-state index contributed by atoms with van der Waals surface area (Å²) in [5.74, 6) is 0.000836. The molecule has 112 valence electrons. The normalized spacial score (nSPS) is 19.2. The Morgan fingerprint density at radius 2 is 2.29 bits per heavy atom. The second-order valence-corrected chi connectivity index (χ2v) is 6.55. The molecule has 3 rings (SSSR count). The molecule has 0 radical (unpaired) electrons. The monoisotopic (exact) mass is 305 g/mol. The number of thiophene rings is 1. The van der Waals surface area contributed by atoms with Crippen molar-refractivity contribution >= 4 is 33.0 Å². The number of aromatic nitrogens is 1. The van der Waals surface area contributed by atoms with Crippen LogP contribution < -0.4 is 5.73 Å². The van der Waals surface area contributed by atoms with Crippen molar-refractivity contribution in [2.45, 2.75) is 26.9 Å². The summed E-state index contributed by atoms with van der Waals surface area (Å²) < 4.78 is 6.52. The highest BCUT2D eigenvalue weighted by Crippen LogP contribution is 2.36. The summed E-state index contributed by atoms with van der Waals surface area (Å²) in [7, 11) is 0. The maximum Gasteiger partial charge on any atom is 0.266 e. The third kappa shape index (κ3) is 2.49. The van der Waals surface area contributed by atoms with E-state index in [1.165, 1.54) is 11.3 Å². The number of ether oxygens (including phenoxy) is 1. The standard InChI is InChI=1S/C15H19N3O2S/c1-8-6-11-12(10(3)17-8)13(16)14(21-11)15(19)18-4-5-20-9(2)7-18/h6,9H,4-5,7,16H2,1-3H3.